The molecular weight excluding hydrogens is 168 g/mol. The minimum absolute atomic E-state index is 0.0425. The topological polar surface area (TPSA) is 38.7 Å². The van der Waals surface area contributed by atoms with Crippen LogP contribution in [0.3, 0.4) is 0 Å². The zero-order valence-corrected chi connectivity index (χ0v) is 7.22. The average Bonchev–Trinajstić information content (AvgIpc) is 2.19. The van der Waals surface area contributed by atoms with Crippen molar-refractivity contribution in [3.8, 4) is 0 Å². The average molecular weight is 180 g/mol. The first-order valence-electron chi connectivity index (χ1n) is 4.04. The van der Waals surface area contributed by atoms with Crippen LogP contribution >= 0.6 is 0 Å². The Labute approximate surface area is 77.2 Å². The molecule has 70 valence electrons. The second-order valence-electron chi connectivity index (χ2n) is 2.36. The van der Waals surface area contributed by atoms with E-state index in [4.69, 9.17) is 5.11 Å². The van der Waals surface area contributed by atoms with Gasteiger partial charge in [0.15, 0.2) is 0 Å². The number of hydrogen-bond acceptors (Lipinski definition) is 3. The van der Waals surface area contributed by atoms with E-state index in [1.165, 1.54) is 6.26 Å². The van der Waals surface area contributed by atoms with Gasteiger partial charge in [-0.05, 0) is 11.6 Å². The first-order chi connectivity index (χ1) is 6.43. The van der Waals surface area contributed by atoms with Gasteiger partial charge in [0.2, 0.25) is 0 Å². The van der Waals surface area contributed by atoms with E-state index >= 15 is 0 Å². The van der Waals surface area contributed by atoms with Crippen LogP contribution in [0.15, 0.2) is 36.6 Å². The van der Waals surface area contributed by atoms with Crippen LogP contribution in [0, 0.1) is 0 Å². The molecule has 0 saturated heterocycles. The lowest BCUT2D eigenvalue weighted by Crippen LogP contribution is -1.96. The zero-order valence-electron chi connectivity index (χ0n) is 7.22. The van der Waals surface area contributed by atoms with E-state index in [2.05, 4.69) is 9.78 Å². The van der Waals surface area contributed by atoms with Crippen LogP contribution < -0.4 is 0 Å². The van der Waals surface area contributed by atoms with Gasteiger partial charge >= 0.3 is 0 Å². The summed E-state index contributed by atoms with van der Waals surface area (Å²) in [5.41, 5.74) is 1.04. The van der Waals surface area contributed by atoms with Crippen LogP contribution in [0.5, 0.6) is 0 Å². The van der Waals surface area contributed by atoms with Crippen molar-refractivity contribution >= 4 is 6.08 Å². The quantitative estimate of drug-likeness (QED) is 0.324. The Morgan fingerprint density at radius 1 is 1.23 bits per heavy atom. The van der Waals surface area contributed by atoms with E-state index in [-0.39, 0.29) is 13.2 Å². The molecule has 0 aromatic heterocycles. The molecule has 0 atom stereocenters. The Morgan fingerprint density at radius 2 is 2.00 bits per heavy atom. The van der Waals surface area contributed by atoms with Crippen molar-refractivity contribution in [1.82, 2.24) is 0 Å². The van der Waals surface area contributed by atoms with E-state index < -0.39 is 0 Å². The third kappa shape index (κ3) is 4.30. The van der Waals surface area contributed by atoms with Crippen molar-refractivity contribution in [1.29, 1.82) is 0 Å². The third-order valence-electron chi connectivity index (χ3n) is 1.36. The Hall–Kier alpha value is -1.32. The minimum atomic E-state index is -0.0425. The Balaban J connectivity index is 2.25. The highest BCUT2D eigenvalue weighted by Crippen LogP contribution is 2.00. The van der Waals surface area contributed by atoms with E-state index in [1.54, 1.807) is 6.08 Å². The van der Waals surface area contributed by atoms with Crippen molar-refractivity contribution in [2.24, 2.45) is 0 Å². The molecule has 0 bridgehead atoms. The minimum Gasteiger partial charge on any atom is -0.394 e. The summed E-state index contributed by atoms with van der Waals surface area (Å²) in [6.45, 7) is 0.137. The predicted molar refractivity (Wildman–Crippen MR) is 49.6 cm³/mol. The van der Waals surface area contributed by atoms with Crippen LogP contribution in [0.4, 0.5) is 0 Å². The monoisotopic (exact) mass is 180 g/mol. The van der Waals surface area contributed by atoms with Gasteiger partial charge < -0.3 is 9.99 Å². The molecule has 0 aliphatic heterocycles. The van der Waals surface area contributed by atoms with Crippen LogP contribution in [0.25, 0.3) is 6.08 Å². The lowest BCUT2D eigenvalue weighted by molar-refractivity contribution is -0.252. The first kappa shape index (κ1) is 9.77. The Morgan fingerprint density at radius 3 is 2.69 bits per heavy atom. The summed E-state index contributed by atoms with van der Waals surface area (Å²) in [6, 6.07) is 9.72. The Kier molecular flexibility index (Phi) is 4.68. The number of aliphatic hydroxyl groups excluding tert-OH is 1. The fourth-order valence-electron chi connectivity index (χ4n) is 0.795. The van der Waals surface area contributed by atoms with Crippen molar-refractivity contribution in [2.45, 2.75) is 0 Å². The third-order valence-corrected chi connectivity index (χ3v) is 1.36. The van der Waals surface area contributed by atoms with E-state index in [0.29, 0.717) is 0 Å². The first-order valence-corrected chi connectivity index (χ1v) is 4.04. The molecule has 0 radical (unpaired) electrons. The van der Waals surface area contributed by atoms with Gasteiger partial charge in [-0.1, -0.05) is 30.3 Å². The van der Waals surface area contributed by atoms with Gasteiger partial charge in [-0.3, -0.25) is 0 Å². The van der Waals surface area contributed by atoms with Gasteiger partial charge in [0, 0.05) is 0 Å². The summed E-state index contributed by atoms with van der Waals surface area (Å²) in [7, 11) is 0. The molecule has 1 aromatic rings. The smallest absolute Gasteiger partial charge is 0.130 e. The SMILES string of the molecule is OCCOOC=Cc1ccccc1. The number of benzene rings is 1. The highest BCUT2D eigenvalue weighted by molar-refractivity contribution is 5.47. The van der Waals surface area contributed by atoms with E-state index in [1.807, 2.05) is 30.3 Å². The number of aliphatic hydroxyl groups is 1. The summed E-state index contributed by atoms with van der Waals surface area (Å²) in [4.78, 5) is 9.21. The molecule has 0 fully saturated rings. The van der Waals surface area contributed by atoms with Gasteiger partial charge in [-0.15, -0.1) is 0 Å². The van der Waals surface area contributed by atoms with Crippen LogP contribution in [-0.4, -0.2) is 18.3 Å². The molecular formula is C10H12O3. The Bertz CT molecular complexity index is 244. The molecule has 13 heavy (non-hydrogen) atoms. The molecule has 0 unspecified atom stereocenters. The second-order valence-corrected chi connectivity index (χ2v) is 2.36. The molecule has 0 spiro atoms. The van der Waals surface area contributed by atoms with Crippen LogP contribution in [-0.2, 0) is 9.78 Å². The van der Waals surface area contributed by atoms with Gasteiger partial charge in [0.1, 0.15) is 12.9 Å². The predicted octanol–water partition coefficient (Wildman–Crippen LogP) is 1.60. The number of rotatable bonds is 5. The molecule has 0 aliphatic carbocycles. The van der Waals surface area contributed by atoms with Gasteiger partial charge in [-0.2, -0.15) is 4.89 Å². The van der Waals surface area contributed by atoms with Crippen molar-refractivity contribution in [3.05, 3.63) is 42.2 Å². The van der Waals surface area contributed by atoms with E-state index in [0.717, 1.165) is 5.56 Å². The van der Waals surface area contributed by atoms with Crippen LogP contribution in [0.2, 0.25) is 0 Å². The zero-order chi connectivity index (χ0) is 9.36. The lowest BCUT2D eigenvalue weighted by Gasteiger charge is -1.96. The molecule has 1 N–H and O–H groups in total. The molecule has 3 heteroatoms. The fraction of sp³-hybridized carbons (Fsp3) is 0.200. The largest absolute Gasteiger partial charge is 0.394 e. The summed E-state index contributed by atoms with van der Waals surface area (Å²) < 4.78 is 0. The van der Waals surface area contributed by atoms with Crippen LogP contribution in [0.1, 0.15) is 5.56 Å². The van der Waals surface area contributed by atoms with Crippen molar-refractivity contribution < 1.29 is 14.9 Å². The van der Waals surface area contributed by atoms with Gasteiger partial charge in [-0.25, -0.2) is 0 Å². The molecule has 0 saturated carbocycles. The number of hydrogen-bond donors (Lipinski definition) is 1. The molecule has 1 rings (SSSR count). The van der Waals surface area contributed by atoms with Crippen molar-refractivity contribution in [3.63, 3.8) is 0 Å². The normalized spacial score (nSPS) is 10.5. The maximum absolute atomic E-state index is 8.35. The van der Waals surface area contributed by atoms with Crippen molar-refractivity contribution in [2.75, 3.05) is 13.2 Å². The summed E-state index contributed by atoms with van der Waals surface area (Å²) in [5.74, 6) is 0. The molecule has 0 aliphatic rings. The lowest BCUT2D eigenvalue weighted by atomic mass is 10.2. The molecule has 3 nitrogen and oxygen atoms in total. The van der Waals surface area contributed by atoms with Gasteiger partial charge in [0.05, 0.1) is 6.61 Å². The van der Waals surface area contributed by atoms with E-state index in [9.17, 15) is 0 Å². The molecule has 0 heterocycles. The standard InChI is InChI=1S/C10H12O3/c11-7-9-13-12-8-6-10-4-2-1-3-5-10/h1-6,8,11H,7,9H2. The maximum Gasteiger partial charge on any atom is 0.130 e. The van der Waals surface area contributed by atoms with Gasteiger partial charge in [0.25, 0.3) is 0 Å². The highest BCUT2D eigenvalue weighted by Gasteiger charge is 1.83. The maximum atomic E-state index is 8.35. The molecule has 1 aromatic carbocycles. The second kappa shape index (κ2) is 6.22. The summed E-state index contributed by atoms with van der Waals surface area (Å²) in [5, 5.41) is 8.35. The fourth-order valence-corrected chi connectivity index (χ4v) is 0.795. The summed E-state index contributed by atoms with van der Waals surface area (Å²) in [6.07, 6.45) is 3.21. The summed E-state index contributed by atoms with van der Waals surface area (Å²) >= 11 is 0. The molecule has 0 amide bonds. The highest BCUT2D eigenvalue weighted by atomic mass is 17.2.